The molecule has 3 rings (SSSR count). The molecule has 0 radical (unpaired) electrons. The maximum absolute atomic E-state index is 11.4. The Morgan fingerprint density at radius 1 is 1.21 bits per heavy atom. The molecule has 0 unspecified atom stereocenters. The molecule has 1 aliphatic carbocycles. The van der Waals surface area contributed by atoms with E-state index in [0.29, 0.717) is 0 Å². The molecule has 1 saturated heterocycles. The fraction of sp³-hybridized carbons (Fsp3) is 0.533. The van der Waals surface area contributed by atoms with Gasteiger partial charge in [0.05, 0.1) is 5.69 Å². The molecule has 1 aromatic carbocycles. The Hall–Kier alpha value is -0.870. The molecule has 1 aromatic rings. The quantitative estimate of drug-likeness (QED) is 0.799. The Kier molecular flexibility index (Phi) is 3.63. The SMILES string of the molecule is CC(=O)c1ccc(N2CCN(C3CC3)CC2)c(Br)c1. The highest BCUT2D eigenvalue weighted by Gasteiger charge is 2.31. The first kappa shape index (κ1) is 13.1. The second kappa shape index (κ2) is 5.25. The van der Waals surface area contributed by atoms with Gasteiger partial charge in [0.15, 0.2) is 5.78 Å². The number of hydrogen-bond acceptors (Lipinski definition) is 3. The van der Waals surface area contributed by atoms with Crippen LogP contribution in [0, 0.1) is 0 Å². The van der Waals surface area contributed by atoms with Crippen molar-refractivity contribution in [2.24, 2.45) is 0 Å². The van der Waals surface area contributed by atoms with Gasteiger partial charge >= 0.3 is 0 Å². The van der Waals surface area contributed by atoms with E-state index in [1.807, 2.05) is 12.1 Å². The summed E-state index contributed by atoms with van der Waals surface area (Å²) in [7, 11) is 0. The summed E-state index contributed by atoms with van der Waals surface area (Å²) in [5.41, 5.74) is 1.98. The van der Waals surface area contributed by atoms with Crippen LogP contribution < -0.4 is 4.90 Å². The third kappa shape index (κ3) is 2.84. The van der Waals surface area contributed by atoms with Crippen LogP contribution in [0.2, 0.25) is 0 Å². The monoisotopic (exact) mass is 322 g/mol. The van der Waals surface area contributed by atoms with E-state index in [0.717, 1.165) is 42.3 Å². The van der Waals surface area contributed by atoms with Crippen molar-refractivity contribution >= 4 is 27.4 Å². The largest absolute Gasteiger partial charge is 0.368 e. The highest BCUT2D eigenvalue weighted by atomic mass is 79.9. The number of halogens is 1. The predicted octanol–water partition coefficient (Wildman–Crippen LogP) is 2.94. The van der Waals surface area contributed by atoms with E-state index in [2.05, 4.69) is 31.8 Å². The Bertz CT molecular complexity index is 491. The predicted molar refractivity (Wildman–Crippen MR) is 81.0 cm³/mol. The lowest BCUT2D eigenvalue weighted by molar-refractivity contribution is 0.101. The van der Waals surface area contributed by atoms with Crippen LogP contribution in [0.1, 0.15) is 30.1 Å². The number of Topliss-reactive ketones (excluding diaryl/α,β-unsaturated/α-hetero) is 1. The van der Waals surface area contributed by atoms with Crippen LogP contribution in [-0.2, 0) is 0 Å². The lowest BCUT2D eigenvalue weighted by Gasteiger charge is -2.36. The average Bonchev–Trinajstić information content (AvgIpc) is 3.23. The van der Waals surface area contributed by atoms with Crippen molar-refractivity contribution in [3.63, 3.8) is 0 Å². The summed E-state index contributed by atoms with van der Waals surface area (Å²) >= 11 is 3.60. The molecule has 1 heterocycles. The van der Waals surface area contributed by atoms with E-state index in [4.69, 9.17) is 0 Å². The van der Waals surface area contributed by atoms with Crippen LogP contribution in [0.4, 0.5) is 5.69 Å². The summed E-state index contributed by atoms with van der Waals surface area (Å²) in [5, 5.41) is 0. The molecule has 0 amide bonds. The summed E-state index contributed by atoms with van der Waals surface area (Å²) in [5.74, 6) is 0.116. The topological polar surface area (TPSA) is 23.6 Å². The molecule has 0 bridgehead atoms. The van der Waals surface area contributed by atoms with Crippen molar-refractivity contribution in [1.29, 1.82) is 0 Å². The highest BCUT2D eigenvalue weighted by Crippen LogP contribution is 2.31. The minimum Gasteiger partial charge on any atom is -0.368 e. The van der Waals surface area contributed by atoms with E-state index in [1.54, 1.807) is 6.92 Å². The molecule has 1 saturated carbocycles. The Labute approximate surface area is 122 Å². The lowest BCUT2D eigenvalue weighted by Crippen LogP contribution is -2.47. The molecule has 0 aromatic heterocycles. The maximum atomic E-state index is 11.4. The number of nitrogens with zero attached hydrogens (tertiary/aromatic N) is 2. The molecular weight excluding hydrogens is 304 g/mol. The number of piperazine rings is 1. The molecule has 102 valence electrons. The number of carbonyl (C=O) groups is 1. The second-order valence-corrected chi connectivity index (χ2v) is 6.33. The summed E-state index contributed by atoms with van der Waals surface area (Å²) in [6.07, 6.45) is 2.77. The van der Waals surface area contributed by atoms with Crippen LogP contribution >= 0.6 is 15.9 Å². The first-order valence-corrected chi connectivity index (χ1v) is 7.74. The van der Waals surface area contributed by atoms with Gasteiger partial charge in [-0.2, -0.15) is 0 Å². The van der Waals surface area contributed by atoms with Gasteiger partial charge in [-0.15, -0.1) is 0 Å². The van der Waals surface area contributed by atoms with Gasteiger partial charge in [-0.3, -0.25) is 9.69 Å². The zero-order valence-corrected chi connectivity index (χ0v) is 12.8. The van der Waals surface area contributed by atoms with Crippen molar-refractivity contribution in [2.45, 2.75) is 25.8 Å². The maximum Gasteiger partial charge on any atom is 0.159 e. The molecule has 19 heavy (non-hydrogen) atoms. The molecule has 0 atom stereocenters. The molecule has 1 aliphatic heterocycles. The fourth-order valence-corrected chi connectivity index (χ4v) is 3.38. The number of rotatable bonds is 3. The molecule has 4 heteroatoms. The van der Waals surface area contributed by atoms with Gasteiger partial charge < -0.3 is 4.90 Å². The van der Waals surface area contributed by atoms with Gasteiger partial charge in [-0.05, 0) is 53.9 Å². The highest BCUT2D eigenvalue weighted by molar-refractivity contribution is 9.10. The summed E-state index contributed by atoms with van der Waals surface area (Å²) in [6, 6.07) is 6.79. The lowest BCUT2D eigenvalue weighted by atomic mass is 10.1. The van der Waals surface area contributed by atoms with Crippen molar-refractivity contribution < 1.29 is 4.79 Å². The number of benzene rings is 1. The Balaban J connectivity index is 1.70. The molecule has 0 spiro atoms. The van der Waals surface area contributed by atoms with E-state index < -0.39 is 0 Å². The van der Waals surface area contributed by atoms with Gasteiger partial charge in [-0.1, -0.05) is 0 Å². The van der Waals surface area contributed by atoms with Crippen molar-refractivity contribution in [1.82, 2.24) is 4.90 Å². The zero-order chi connectivity index (χ0) is 13.4. The minimum absolute atomic E-state index is 0.116. The van der Waals surface area contributed by atoms with Crippen molar-refractivity contribution in [3.8, 4) is 0 Å². The van der Waals surface area contributed by atoms with Gasteiger partial charge in [-0.25, -0.2) is 0 Å². The van der Waals surface area contributed by atoms with E-state index >= 15 is 0 Å². The number of anilines is 1. The normalized spacial score (nSPS) is 20.6. The average molecular weight is 323 g/mol. The Morgan fingerprint density at radius 3 is 2.42 bits per heavy atom. The van der Waals surface area contributed by atoms with E-state index in [9.17, 15) is 4.79 Å². The van der Waals surface area contributed by atoms with Gasteiger partial charge in [0.1, 0.15) is 0 Å². The summed E-state index contributed by atoms with van der Waals surface area (Å²) in [6.45, 7) is 6.08. The second-order valence-electron chi connectivity index (χ2n) is 5.48. The first-order valence-electron chi connectivity index (χ1n) is 6.94. The molecule has 3 nitrogen and oxygen atoms in total. The zero-order valence-electron chi connectivity index (χ0n) is 11.2. The molecule has 0 N–H and O–H groups in total. The number of ketones is 1. The first-order chi connectivity index (χ1) is 9.15. The van der Waals surface area contributed by atoms with Crippen LogP contribution in [-0.4, -0.2) is 42.9 Å². The third-order valence-corrected chi connectivity index (χ3v) is 4.71. The molecule has 2 aliphatic rings. The molecule has 2 fully saturated rings. The van der Waals surface area contributed by atoms with Gasteiger partial charge in [0, 0.05) is 42.3 Å². The van der Waals surface area contributed by atoms with Crippen molar-refractivity contribution in [2.75, 3.05) is 31.1 Å². The van der Waals surface area contributed by atoms with Crippen LogP contribution in [0.5, 0.6) is 0 Å². The summed E-state index contributed by atoms with van der Waals surface area (Å²) in [4.78, 5) is 16.4. The fourth-order valence-electron chi connectivity index (χ4n) is 2.75. The van der Waals surface area contributed by atoms with Crippen LogP contribution in [0.3, 0.4) is 0 Å². The van der Waals surface area contributed by atoms with Crippen LogP contribution in [0.15, 0.2) is 22.7 Å². The smallest absolute Gasteiger partial charge is 0.159 e. The van der Waals surface area contributed by atoms with Crippen molar-refractivity contribution in [3.05, 3.63) is 28.2 Å². The van der Waals surface area contributed by atoms with E-state index in [1.165, 1.54) is 18.5 Å². The van der Waals surface area contributed by atoms with Gasteiger partial charge in [0.25, 0.3) is 0 Å². The number of hydrogen-bond donors (Lipinski definition) is 0. The standard InChI is InChI=1S/C15H19BrN2O/c1-11(19)12-2-5-15(14(16)10-12)18-8-6-17(7-9-18)13-3-4-13/h2,5,10,13H,3-4,6-9H2,1H3. The van der Waals surface area contributed by atoms with Gasteiger partial charge in [0.2, 0.25) is 0 Å². The van der Waals surface area contributed by atoms with Crippen LogP contribution in [0.25, 0.3) is 0 Å². The van der Waals surface area contributed by atoms with E-state index in [-0.39, 0.29) is 5.78 Å². The number of carbonyl (C=O) groups excluding carboxylic acids is 1. The molecular formula is C15H19BrN2O. The third-order valence-electron chi connectivity index (χ3n) is 4.07. The minimum atomic E-state index is 0.116. The Morgan fingerprint density at radius 2 is 1.89 bits per heavy atom. The summed E-state index contributed by atoms with van der Waals surface area (Å²) < 4.78 is 1.03.